The van der Waals surface area contributed by atoms with Gasteiger partial charge in [-0.2, -0.15) is 0 Å². The summed E-state index contributed by atoms with van der Waals surface area (Å²) in [5.41, 5.74) is 1.54. The zero-order valence-corrected chi connectivity index (χ0v) is 15.2. The lowest BCUT2D eigenvalue weighted by Gasteiger charge is -2.24. The van der Waals surface area contributed by atoms with Gasteiger partial charge in [0.1, 0.15) is 13.2 Å². The van der Waals surface area contributed by atoms with Crippen molar-refractivity contribution < 1.29 is 14.3 Å². The van der Waals surface area contributed by atoms with Crippen LogP contribution in [0, 0.1) is 5.92 Å². The number of hydrogen-bond donors (Lipinski definition) is 1. The van der Waals surface area contributed by atoms with Crippen LogP contribution in [-0.2, 0) is 4.79 Å². The fraction of sp³-hybridized carbons (Fsp3) is 0.350. The van der Waals surface area contributed by atoms with E-state index in [1.165, 1.54) is 0 Å². The molecule has 1 N–H and O–H groups in total. The van der Waals surface area contributed by atoms with Gasteiger partial charge in [-0.1, -0.05) is 62.2 Å². The Morgan fingerprint density at radius 2 is 1.80 bits per heavy atom. The van der Waals surface area contributed by atoms with Gasteiger partial charge < -0.3 is 14.8 Å². The van der Waals surface area contributed by atoms with Crippen LogP contribution in [0.2, 0.25) is 5.02 Å². The normalized spacial score (nSPS) is 15.3. The number of amides is 1. The highest BCUT2D eigenvalue weighted by Gasteiger charge is 2.27. The maximum atomic E-state index is 13.0. The van der Waals surface area contributed by atoms with Crippen LogP contribution in [0.4, 0.5) is 5.69 Å². The Hall–Kier alpha value is -2.20. The predicted molar refractivity (Wildman–Crippen MR) is 99.7 cm³/mol. The number of carbonyl (C=O) groups excluding carboxylic acids is 1. The van der Waals surface area contributed by atoms with Crippen molar-refractivity contribution in [1.82, 2.24) is 0 Å². The summed E-state index contributed by atoms with van der Waals surface area (Å²) in [7, 11) is 0. The van der Waals surface area contributed by atoms with Gasteiger partial charge in [-0.25, -0.2) is 0 Å². The van der Waals surface area contributed by atoms with Crippen LogP contribution in [0.3, 0.4) is 0 Å². The second-order valence-electron chi connectivity index (χ2n) is 6.24. The summed E-state index contributed by atoms with van der Waals surface area (Å²) < 4.78 is 11.1. The van der Waals surface area contributed by atoms with Crippen LogP contribution in [0.1, 0.15) is 31.7 Å². The van der Waals surface area contributed by atoms with Crippen molar-refractivity contribution in [3.63, 3.8) is 0 Å². The molecule has 2 unspecified atom stereocenters. The Morgan fingerprint density at radius 3 is 2.44 bits per heavy atom. The van der Waals surface area contributed by atoms with E-state index in [0.29, 0.717) is 35.4 Å². The summed E-state index contributed by atoms with van der Waals surface area (Å²) in [5, 5.41) is 3.41. The first-order valence-electron chi connectivity index (χ1n) is 8.55. The second kappa shape index (κ2) is 7.79. The predicted octanol–water partition coefficient (Wildman–Crippen LogP) is 4.88. The lowest BCUT2D eigenvalue weighted by molar-refractivity contribution is -0.118. The standard InChI is InChI=1S/C20H22ClNO3/c1-3-13(2)19(14-7-5-4-6-8-14)20(23)22-16-12-18-17(11-15(16)21)24-9-10-25-18/h4-8,11-13,19H,3,9-10H2,1-2H3,(H,22,23). The van der Waals surface area contributed by atoms with Crippen LogP contribution in [0.15, 0.2) is 42.5 Å². The lowest BCUT2D eigenvalue weighted by Crippen LogP contribution is -2.26. The number of rotatable bonds is 5. The van der Waals surface area contributed by atoms with Crippen molar-refractivity contribution in [2.75, 3.05) is 18.5 Å². The average molecular weight is 360 g/mol. The van der Waals surface area contributed by atoms with E-state index in [1.807, 2.05) is 30.3 Å². The molecule has 1 aliphatic heterocycles. The van der Waals surface area contributed by atoms with Gasteiger partial charge in [0.25, 0.3) is 0 Å². The summed E-state index contributed by atoms with van der Waals surface area (Å²) >= 11 is 6.32. The molecule has 0 spiro atoms. The molecule has 3 rings (SSSR count). The van der Waals surface area contributed by atoms with Crippen molar-refractivity contribution in [2.45, 2.75) is 26.2 Å². The Balaban J connectivity index is 1.86. The first-order chi connectivity index (χ1) is 12.1. The summed E-state index contributed by atoms with van der Waals surface area (Å²) in [6.07, 6.45) is 0.905. The highest BCUT2D eigenvalue weighted by atomic mass is 35.5. The molecule has 1 heterocycles. The third-order valence-corrected chi connectivity index (χ3v) is 4.86. The van der Waals surface area contributed by atoms with E-state index in [1.54, 1.807) is 12.1 Å². The van der Waals surface area contributed by atoms with Gasteiger partial charge in [-0.3, -0.25) is 4.79 Å². The number of nitrogens with one attached hydrogen (secondary N) is 1. The molecule has 0 radical (unpaired) electrons. The van der Waals surface area contributed by atoms with Gasteiger partial charge in [-0.05, 0) is 11.5 Å². The monoisotopic (exact) mass is 359 g/mol. The molecule has 0 saturated carbocycles. The zero-order chi connectivity index (χ0) is 17.8. The van der Waals surface area contributed by atoms with Gasteiger partial charge >= 0.3 is 0 Å². The molecule has 132 valence electrons. The van der Waals surface area contributed by atoms with Crippen molar-refractivity contribution in [3.05, 3.63) is 53.1 Å². The number of hydrogen-bond acceptors (Lipinski definition) is 3. The number of benzene rings is 2. The quantitative estimate of drug-likeness (QED) is 0.827. The molecule has 0 fully saturated rings. The molecular weight excluding hydrogens is 338 g/mol. The van der Waals surface area contributed by atoms with E-state index in [-0.39, 0.29) is 17.7 Å². The van der Waals surface area contributed by atoms with Gasteiger partial charge in [0.15, 0.2) is 11.5 Å². The molecule has 2 aromatic rings. The number of halogens is 1. The first-order valence-corrected chi connectivity index (χ1v) is 8.93. The molecule has 1 amide bonds. The van der Waals surface area contributed by atoms with Crippen LogP contribution in [0.5, 0.6) is 11.5 Å². The Labute approximate surface area is 153 Å². The number of carbonyl (C=O) groups is 1. The fourth-order valence-corrected chi connectivity index (χ4v) is 3.21. The molecule has 25 heavy (non-hydrogen) atoms. The molecule has 5 heteroatoms. The fourth-order valence-electron chi connectivity index (χ4n) is 3.00. The molecule has 0 aromatic heterocycles. The van der Waals surface area contributed by atoms with Gasteiger partial charge in [-0.15, -0.1) is 0 Å². The van der Waals surface area contributed by atoms with Gasteiger partial charge in [0.05, 0.1) is 16.6 Å². The first kappa shape index (κ1) is 17.6. The topological polar surface area (TPSA) is 47.6 Å². The van der Waals surface area contributed by atoms with Crippen molar-refractivity contribution >= 4 is 23.2 Å². The minimum atomic E-state index is -0.240. The van der Waals surface area contributed by atoms with Gasteiger partial charge in [0.2, 0.25) is 5.91 Å². The summed E-state index contributed by atoms with van der Waals surface area (Å²) in [4.78, 5) is 13.0. The molecule has 2 aromatic carbocycles. The maximum Gasteiger partial charge on any atom is 0.232 e. The van der Waals surface area contributed by atoms with Crippen LogP contribution >= 0.6 is 11.6 Å². The van der Waals surface area contributed by atoms with E-state index in [9.17, 15) is 4.79 Å². The third-order valence-electron chi connectivity index (χ3n) is 4.54. The van der Waals surface area contributed by atoms with Crippen LogP contribution < -0.4 is 14.8 Å². The van der Waals surface area contributed by atoms with Crippen LogP contribution in [-0.4, -0.2) is 19.1 Å². The largest absolute Gasteiger partial charge is 0.486 e. The Morgan fingerprint density at radius 1 is 1.16 bits per heavy atom. The van der Waals surface area contributed by atoms with Gasteiger partial charge in [0, 0.05) is 12.1 Å². The second-order valence-corrected chi connectivity index (χ2v) is 6.65. The van der Waals surface area contributed by atoms with Crippen molar-refractivity contribution in [2.24, 2.45) is 5.92 Å². The molecule has 0 aliphatic carbocycles. The molecular formula is C20H22ClNO3. The lowest BCUT2D eigenvalue weighted by atomic mass is 9.85. The molecule has 4 nitrogen and oxygen atoms in total. The highest BCUT2D eigenvalue weighted by Crippen LogP contribution is 2.39. The van der Waals surface area contributed by atoms with Crippen molar-refractivity contribution in [3.8, 4) is 11.5 Å². The Kier molecular flexibility index (Phi) is 5.49. The molecule has 2 atom stereocenters. The average Bonchev–Trinajstić information content (AvgIpc) is 2.63. The van der Waals surface area contributed by atoms with E-state index >= 15 is 0 Å². The molecule has 1 aliphatic rings. The minimum absolute atomic E-state index is 0.0703. The summed E-state index contributed by atoms with van der Waals surface area (Å²) in [6.45, 7) is 5.16. The number of ether oxygens (including phenoxy) is 2. The number of fused-ring (bicyclic) bond motifs is 1. The van der Waals surface area contributed by atoms with Crippen LogP contribution in [0.25, 0.3) is 0 Å². The molecule has 0 bridgehead atoms. The summed E-state index contributed by atoms with van der Waals surface area (Å²) in [6, 6.07) is 13.3. The minimum Gasteiger partial charge on any atom is -0.486 e. The highest BCUT2D eigenvalue weighted by molar-refractivity contribution is 6.34. The number of anilines is 1. The third kappa shape index (κ3) is 3.90. The Bertz CT molecular complexity index is 748. The SMILES string of the molecule is CCC(C)C(C(=O)Nc1cc2c(cc1Cl)OCCO2)c1ccccc1. The van der Waals surface area contributed by atoms with E-state index < -0.39 is 0 Å². The molecule has 0 saturated heterocycles. The zero-order valence-electron chi connectivity index (χ0n) is 14.4. The van der Waals surface area contributed by atoms with E-state index in [4.69, 9.17) is 21.1 Å². The van der Waals surface area contributed by atoms with E-state index in [0.717, 1.165) is 12.0 Å². The maximum absolute atomic E-state index is 13.0. The van der Waals surface area contributed by atoms with E-state index in [2.05, 4.69) is 19.2 Å². The summed E-state index contributed by atoms with van der Waals surface area (Å²) in [5.74, 6) is 1.11. The van der Waals surface area contributed by atoms with Crippen molar-refractivity contribution in [1.29, 1.82) is 0 Å². The smallest absolute Gasteiger partial charge is 0.232 e.